The van der Waals surface area contributed by atoms with E-state index in [1.165, 1.54) is 24.4 Å². The summed E-state index contributed by atoms with van der Waals surface area (Å²) in [7, 11) is 1.52. The molecule has 360 valence electrons. The number of aliphatic hydroxyl groups is 1. The number of carbonyl (C=O) groups excluding carboxylic acids is 3. The average Bonchev–Trinajstić information content (AvgIpc) is 3.91. The largest absolute Gasteiger partial charge is 0.478 e. The molecule has 0 radical (unpaired) electrons. The fraction of sp³-hybridized carbons (Fsp3) is 0.434. The van der Waals surface area contributed by atoms with Gasteiger partial charge in [-0.2, -0.15) is 0 Å². The summed E-state index contributed by atoms with van der Waals surface area (Å²) in [6.45, 7) is 20.9. The van der Waals surface area contributed by atoms with Crippen molar-refractivity contribution in [1.82, 2.24) is 29.7 Å². The third-order valence-electron chi connectivity index (χ3n) is 15.0. The van der Waals surface area contributed by atoms with E-state index in [1.807, 2.05) is 24.3 Å². The van der Waals surface area contributed by atoms with Crippen LogP contribution in [0, 0.1) is 5.41 Å². The lowest BCUT2D eigenvalue weighted by Gasteiger charge is -2.48. The van der Waals surface area contributed by atoms with Crippen LogP contribution in [0.3, 0.4) is 0 Å². The van der Waals surface area contributed by atoms with Gasteiger partial charge in [-0.1, -0.05) is 32.6 Å². The van der Waals surface area contributed by atoms with Gasteiger partial charge in [-0.05, 0) is 112 Å². The van der Waals surface area contributed by atoms with Crippen molar-refractivity contribution in [3.63, 3.8) is 0 Å². The van der Waals surface area contributed by atoms with Crippen LogP contribution >= 0.6 is 0 Å². The number of pyridine rings is 1. The fourth-order valence-corrected chi connectivity index (χ4v) is 11.7. The van der Waals surface area contributed by atoms with Crippen molar-refractivity contribution in [1.29, 1.82) is 0 Å². The molecule has 5 aliphatic rings. The Balaban J connectivity index is 0.857. The maximum atomic E-state index is 14.1. The average molecular weight is 934 g/mol. The number of fused-ring (bicyclic) bond motifs is 4. The Morgan fingerprint density at radius 3 is 2.54 bits per heavy atom. The molecular formula is C53H63N11O5. The second kappa shape index (κ2) is 17.6. The molecule has 0 bridgehead atoms. The zero-order valence-corrected chi connectivity index (χ0v) is 40.7. The Morgan fingerprint density at radius 2 is 1.78 bits per heavy atom. The summed E-state index contributed by atoms with van der Waals surface area (Å²) in [5, 5.41) is 20.5. The molecule has 0 saturated carbocycles. The first-order valence-corrected chi connectivity index (χ1v) is 24.2. The standard InChI is InChI=1S/C53H63N11O5/c1-9-45(66)57-39-25-34(13-14-41(39)62-20-19-60(29-32(62)3)35-16-18-61(31(2)23-35)42-12-10-11-38-46(42)49(67)59-53(38,6)7)56-47-50(69-8)55-28-40(58-47)36-15-17-54-48(37(36)30-65)64-22-21-63-43(51(64)68)24-33-26-52(4,5)27-44(33)63/h9-15,17,24-25,28,31-32,35,65H,1,16,18-23,26-27,29-30H2,2-8H3,(H,56,58)(H,57,66)(H,59,67)/t31-,32-,35?/m0/s1. The number of nitrogens with one attached hydrogen (secondary N) is 3. The molecule has 1 unspecified atom stereocenters. The molecule has 3 atom stereocenters. The van der Waals surface area contributed by atoms with Gasteiger partial charge in [-0.15, -0.1) is 0 Å². The number of amides is 3. The number of hydrogen-bond donors (Lipinski definition) is 4. The SMILES string of the molecule is C=CC(=O)Nc1cc(Nc2nc(-c3ccnc(N4CCn5c(cc6c5CC(C)(C)C6)C4=O)c3CO)cnc2OC)ccc1N1CCN(C2CCN(c3cccc4c3C(=O)NC4(C)C)[C@@H](C)C2)C[C@@H]1C. The van der Waals surface area contributed by atoms with Gasteiger partial charge >= 0.3 is 0 Å². The Kier molecular flexibility index (Phi) is 11.7. The van der Waals surface area contributed by atoms with E-state index in [1.54, 1.807) is 23.4 Å². The van der Waals surface area contributed by atoms with Crippen molar-refractivity contribution in [3.8, 4) is 17.1 Å². The molecule has 1 aliphatic carbocycles. The van der Waals surface area contributed by atoms with Crippen molar-refractivity contribution in [2.45, 2.75) is 104 Å². The first-order chi connectivity index (χ1) is 33.1. The van der Waals surface area contributed by atoms with Crippen LogP contribution in [0.4, 0.5) is 34.4 Å². The number of anilines is 6. The van der Waals surface area contributed by atoms with Gasteiger partial charge in [0, 0.05) is 86.1 Å². The van der Waals surface area contributed by atoms with E-state index < -0.39 is 0 Å². The highest BCUT2D eigenvalue weighted by atomic mass is 16.5. The minimum absolute atomic E-state index is 0.00359. The summed E-state index contributed by atoms with van der Waals surface area (Å²) in [5.41, 5.74) is 9.44. The van der Waals surface area contributed by atoms with E-state index in [0.29, 0.717) is 64.7 Å². The Hall–Kier alpha value is -6.78. The second-order valence-corrected chi connectivity index (χ2v) is 20.6. The van der Waals surface area contributed by atoms with Gasteiger partial charge in [0.1, 0.15) is 11.5 Å². The van der Waals surface area contributed by atoms with Crippen molar-refractivity contribution in [3.05, 3.63) is 107 Å². The zero-order valence-electron chi connectivity index (χ0n) is 40.7. The number of piperazine rings is 1. The number of aliphatic hydroxyl groups excluding tert-OH is 1. The zero-order chi connectivity index (χ0) is 48.5. The van der Waals surface area contributed by atoms with E-state index in [2.05, 4.69) is 112 Å². The van der Waals surface area contributed by atoms with E-state index in [0.717, 1.165) is 74.4 Å². The second-order valence-electron chi connectivity index (χ2n) is 20.6. The van der Waals surface area contributed by atoms with Gasteiger partial charge in [0.15, 0.2) is 5.82 Å². The van der Waals surface area contributed by atoms with Crippen LogP contribution in [0.15, 0.2) is 73.6 Å². The molecule has 69 heavy (non-hydrogen) atoms. The van der Waals surface area contributed by atoms with Crippen molar-refractivity contribution >= 4 is 52.1 Å². The number of ether oxygens (including phenoxy) is 1. The number of carbonyl (C=O) groups is 3. The van der Waals surface area contributed by atoms with Crippen LogP contribution in [-0.4, -0.2) is 105 Å². The van der Waals surface area contributed by atoms with Crippen LogP contribution in [0.1, 0.15) is 97.6 Å². The van der Waals surface area contributed by atoms with Crippen LogP contribution in [0.5, 0.6) is 5.88 Å². The van der Waals surface area contributed by atoms with Gasteiger partial charge in [0.05, 0.1) is 53.8 Å². The van der Waals surface area contributed by atoms with Crippen LogP contribution < -0.4 is 35.4 Å². The maximum Gasteiger partial charge on any atom is 0.276 e. The number of methoxy groups -OCH3 is 1. The maximum absolute atomic E-state index is 14.1. The fourth-order valence-electron chi connectivity index (χ4n) is 11.7. The van der Waals surface area contributed by atoms with Gasteiger partial charge < -0.3 is 40.2 Å². The lowest BCUT2D eigenvalue weighted by atomic mass is 9.90. The van der Waals surface area contributed by atoms with Crippen molar-refractivity contribution in [2.24, 2.45) is 5.41 Å². The summed E-state index contributed by atoms with van der Waals surface area (Å²) in [5.74, 6) is 0.484. The monoisotopic (exact) mass is 934 g/mol. The number of aromatic nitrogens is 4. The van der Waals surface area contributed by atoms with Gasteiger partial charge in [-0.25, -0.2) is 15.0 Å². The highest BCUT2D eigenvalue weighted by Gasteiger charge is 2.41. The molecule has 2 aromatic carbocycles. The van der Waals surface area contributed by atoms with E-state index in [-0.39, 0.29) is 53.2 Å². The molecule has 4 aliphatic heterocycles. The summed E-state index contributed by atoms with van der Waals surface area (Å²) >= 11 is 0. The third-order valence-corrected chi connectivity index (χ3v) is 15.0. The molecule has 10 rings (SSSR count). The van der Waals surface area contributed by atoms with Gasteiger partial charge in [0.25, 0.3) is 17.7 Å². The minimum atomic E-state index is -0.386. The molecule has 16 nitrogen and oxygen atoms in total. The summed E-state index contributed by atoms with van der Waals surface area (Å²) in [6.07, 6.45) is 8.33. The van der Waals surface area contributed by atoms with Gasteiger partial charge in [-0.3, -0.25) is 24.2 Å². The molecule has 0 spiro atoms. The molecular weight excluding hydrogens is 871 g/mol. The molecule has 7 heterocycles. The normalized spacial score (nSPS) is 21.6. The van der Waals surface area contributed by atoms with Crippen LogP contribution in [-0.2, 0) is 36.3 Å². The number of rotatable bonds is 11. The quantitative estimate of drug-likeness (QED) is 0.0998. The Morgan fingerprint density at radius 1 is 0.971 bits per heavy atom. The first-order valence-electron chi connectivity index (χ1n) is 24.2. The van der Waals surface area contributed by atoms with Crippen LogP contribution in [0.25, 0.3) is 11.3 Å². The van der Waals surface area contributed by atoms with Crippen LogP contribution in [0.2, 0.25) is 0 Å². The first kappa shape index (κ1) is 46.0. The van der Waals surface area contributed by atoms with Crippen molar-refractivity contribution < 1.29 is 24.2 Å². The predicted molar refractivity (Wildman–Crippen MR) is 269 cm³/mol. The highest BCUT2D eigenvalue weighted by molar-refractivity contribution is 6.07. The van der Waals surface area contributed by atoms with Crippen molar-refractivity contribution in [2.75, 3.05) is 65.2 Å². The number of piperidine rings is 1. The smallest absolute Gasteiger partial charge is 0.276 e. The van der Waals surface area contributed by atoms with E-state index >= 15 is 0 Å². The molecule has 4 N–H and O–H groups in total. The molecule has 3 amide bonds. The Bertz CT molecular complexity index is 2890. The lowest BCUT2D eigenvalue weighted by molar-refractivity contribution is -0.111. The molecule has 16 heteroatoms. The predicted octanol–water partition coefficient (Wildman–Crippen LogP) is 7.04. The summed E-state index contributed by atoms with van der Waals surface area (Å²) in [6, 6.07) is 16.7. The van der Waals surface area contributed by atoms with Gasteiger partial charge in [0.2, 0.25) is 5.91 Å². The van der Waals surface area contributed by atoms with E-state index in [4.69, 9.17) is 9.72 Å². The third kappa shape index (κ3) is 8.26. The summed E-state index contributed by atoms with van der Waals surface area (Å²) < 4.78 is 7.83. The topological polar surface area (TPSA) is 173 Å². The molecule has 3 aromatic heterocycles. The molecule has 2 saturated heterocycles. The minimum Gasteiger partial charge on any atom is -0.478 e. The van der Waals surface area contributed by atoms with E-state index in [9.17, 15) is 19.5 Å². The summed E-state index contributed by atoms with van der Waals surface area (Å²) in [4.78, 5) is 63.4. The Labute approximate surface area is 403 Å². The molecule has 2 fully saturated rings. The number of nitrogens with zero attached hydrogens (tertiary/aromatic N) is 8. The number of benzene rings is 2. The highest BCUT2D eigenvalue weighted by Crippen LogP contribution is 2.42. The molecule has 5 aromatic rings. The number of hydrogen-bond acceptors (Lipinski definition) is 12. The lowest BCUT2D eigenvalue weighted by Crippen LogP contribution is -2.58.